The first-order valence-electron chi connectivity index (χ1n) is 8.06. The maximum absolute atomic E-state index is 6.04. The third kappa shape index (κ3) is 2.89. The van der Waals surface area contributed by atoms with Crippen molar-refractivity contribution < 1.29 is 0 Å². The molecule has 0 spiro atoms. The lowest BCUT2D eigenvalue weighted by Crippen LogP contribution is -2.49. The van der Waals surface area contributed by atoms with Crippen LogP contribution in [0.3, 0.4) is 0 Å². The van der Waals surface area contributed by atoms with Gasteiger partial charge >= 0.3 is 0 Å². The van der Waals surface area contributed by atoms with E-state index in [1.54, 1.807) is 0 Å². The topological polar surface area (TPSA) is 32.5 Å². The standard InChI is InChI=1S/C15H29N3/c16-13-4-5-15(12-13)18-10-6-14(7-11-18)17-8-2-1-3-9-17/h13-15H,1-12,16H2. The van der Waals surface area contributed by atoms with Crippen molar-refractivity contribution in [1.29, 1.82) is 0 Å². The zero-order chi connectivity index (χ0) is 12.4. The van der Waals surface area contributed by atoms with Gasteiger partial charge in [0.25, 0.3) is 0 Å². The summed E-state index contributed by atoms with van der Waals surface area (Å²) in [4.78, 5) is 5.49. The molecule has 0 amide bonds. The number of hydrogen-bond acceptors (Lipinski definition) is 3. The zero-order valence-electron chi connectivity index (χ0n) is 11.7. The Balaban J connectivity index is 1.45. The summed E-state index contributed by atoms with van der Waals surface area (Å²) in [7, 11) is 0. The van der Waals surface area contributed by atoms with Crippen LogP contribution in [-0.2, 0) is 0 Å². The van der Waals surface area contributed by atoms with Crippen molar-refractivity contribution in [2.45, 2.75) is 69.5 Å². The van der Waals surface area contributed by atoms with E-state index >= 15 is 0 Å². The fourth-order valence-corrected chi connectivity index (χ4v) is 4.22. The Morgan fingerprint density at radius 2 is 1.33 bits per heavy atom. The van der Waals surface area contributed by atoms with E-state index < -0.39 is 0 Å². The molecule has 2 saturated heterocycles. The van der Waals surface area contributed by atoms with E-state index in [1.165, 1.54) is 77.5 Å². The average Bonchev–Trinajstić information content (AvgIpc) is 2.87. The van der Waals surface area contributed by atoms with Gasteiger partial charge in [-0.3, -0.25) is 0 Å². The molecule has 2 heterocycles. The van der Waals surface area contributed by atoms with E-state index in [0.29, 0.717) is 6.04 Å². The SMILES string of the molecule is NC1CCC(N2CCC(N3CCCCC3)CC2)C1. The monoisotopic (exact) mass is 251 g/mol. The molecule has 18 heavy (non-hydrogen) atoms. The summed E-state index contributed by atoms with van der Waals surface area (Å²) in [6.07, 6.45) is 10.9. The predicted octanol–water partition coefficient (Wildman–Crippen LogP) is 1.82. The molecule has 2 aliphatic heterocycles. The number of nitrogens with zero attached hydrogens (tertiary/aromatic N) is 2. The molecule has 3 fully saturated rings. The minimum atomic E-state index is 0.481. The summed E-state index contributed by atoms with van der Waals surface area (Å²) in [5.41, 5.74) is 6.04. The van der Waals surface area contributed by atoms with E-state index in [1.807, 2.05) is 0 Å². The molecule has 2 N–H and O–H groups in total. The maximum atomic E-state index is 6.04. The Morgan fingerprint density at radius 1 is 0.667 bits per heavy atom. The summed E-state index contributed by atoms with van der Waals surface area (Å²) in [5.74, 6) is 0. The lowest BCUT2D eigenvalue weighted by atomic mass is 9.98. The van der Waals surface area contributed by atoms with E-state index in [-0.39, 0.29) is 0 Å². The van der Waals surface area contributed by atoms with E-state index in [2.05, 4.69) is 9.80 Å². The fourth-order valence-electron chi connectivity index (χ4n) is 4.22. The molecule has 1 saturated carbocycles. The second-order valence-electron chi connectivity index (χ2n) is 6.59. The van der Waals surface area contributed by atoms with Crippen molar-refractivity contribution in [2.24, 2.45) is 5.73 Å². The Morgan fingerprint density at radius 3 is 1.94 bits per heavy atom. The second-order valence-corrected chi connectivity index (χ2v) is 6.59. The average molecular weight is 251 g/mol. The molecule has 3 nitrogen and oxygen atoms in total. The van der Waals surface area contributed by atoms with Crippen molar-refractivity contribution >= 4 is 0 Å². The van der Waals surface area contributed by atoms with Crippen molar-refractivity contribution in [2.75, 3.05) is 26.2 Å². The quantitative estimate of drug-likeness (QED) is 0.812. The molecule has 3 aliphatic rings. The van der Waals surface area contributed by atoms with Gasteiger partial charge in [0.05, 0.1) is 0 Å². The van der Waals surface area contributed by atoms with Gasteiger partial charge in [0.2, 0.25) is 0 Å². The smallest absolute Gasteiger partial charge is 0.0120 e. The minimum Gasteiger partial charge on any atom is -0.328 e. The van der Waals surface area contributed by atoms with Gasteiger partial charge in [-0.05, 0) is 71.1 Å². The van der Waals surface area contributed by atoms with Gasteiger partial charge in [-0.2, -0.15) is 0 Å². The Bertz CT molecular complexity index is 242. The lowest BCUT2D eigenvalue weighted by Gasteiger charge is -2.42. The first kappa shape index (κ1) is 12.9. The number of hydrogen-bond donors (Lipinski definition) is 1. The molecule has 0 aromatic heterocycles. The predicted molar refractivity (Wildman–Crippen MR) is 75.6 cm³/mol. The van der Waals surface area contributed by atoms with Gasteiger partial charge in [0.1, 0.15) is 0 Å². The molecule has 0 aromatic rings. The highest BCUT2D eigenvalue weighted by Crippen LogP contribution is 2.27. The molecule has 0 aromatic carbocycles. The molecule has 3 rings (SSSR count). The minimum absolute atomic E-state index is 0.481. The largest absolute Gasteiger partial charge is 0.328 e. The van der Waals surface area contributed by atoms with Gasteiger partial charge in [-0.15, -0.1) is 0 Å². The van der Waals surface area contributed by atoms with Crippen molar-refractivity contribution in [3.05, 3.63) is 0 Å². The first-order chi connectivity index (χ1) is 8.83. The molecule has 3 heteroatoms. The summed E-state index contributed by atoms with van der Waals surface area (Å²) in [5, 5.41) is 0. The van der Waals surface area contributed by atoms with Gasteiger partial charge in [0.15, 0.2) is 0 Å². The molecular weight excluding hydrogens is 222 g/mol. The van der Waals surface area contributed by atoms with Crippen LogP contribution in [0, 0.1) is 0 Å². The number of rotatable bonds is 2. The van der Waals surface area contributed by atoms with Crippen molar-refractivity contribution in [3.63, 3.8) is 0 Å². The highest BCUT2D eigenvalue weighted by molar-refractivity contribution is 4.89. The number of likely N-dealkylation sites (tertiary alicyclic amines) is 2. The van der Waals surface area contributed by atoms with Crippen LogP contribution in [0.1, 0.15) is 51.4 Å². The maximum Gasteiger partial charge on any atom is 0.0120 e. The summed E-state index contributed by atoms with van der Waals surface area (Å²) in [6, 6.07) is 2.17. The Kier molecular flexibility index (Phi) is 4.22. The van der Waals surface area contributed by atoms with Crippen LogP contribution in [0.5, 0.6) is 0 Å². The molecule has 1 aliphatic carbocycles. The van der Waals surface area contributed by atoms with Gasteiger partial charge in [0, 0.05) is 18.1 Å². The van der Waals surface area contributed by atoms with E-state index in [0.717, 1.165) is 12.1 Å². The van der Waals surface area contributed by atoms with Crippen LogP contribution in [0.4, 0.5) is 0 Å². The Hall–Kier alpha value is -0.120. The number of nitrogens with two attached hydrogens (primary N) is 1. The van der Waals surface area contributed by atoms with Crippen LogP contribution in [0.2, 0.25) is 0 Å². The fraction of sp³-hybridized carbons (Fsp3) is 1.00. The van der Waals surface area contributed by atoms with Crippen LogP contribution < -0.4 is 5.73 Å². The van der Waals surface area contributed by atoms with Gasteiger partial charge in [-0.1, -0.05) is 6.42 Å². The van der Waals surface area contributed by atoms with E-state index in [9.17, 15) is 0 Å². The zero-order valence-corrected chi connectivity index (χ0v) is 11.7. The highest BCUT2D eigenvalue weighted by atomic mass is 15.2. The van der Waals surface area contributed by atoms with Crippen LogP contribution in [0.15, 0.2) is 0 Å². The molecule has 0 bridgehead atoms. The van der Waals surface area contributed by atoms with Crippen LogP contribution in [-0.4, -0.2) is 54.1 Å². The summed E-state index contributed by atoms with van der Waals surface area (Å²) in [6.45, 7) is 5.36. The molecule has 2 unspecified atom stereocenters. The third-order valence-corrected chi connectivity index (χ3v) is 5.37. The summed E-state index contributed by atoms with van der Waals surface area (Å²) < 4.78 is 0. The summed E-state index contributed by atoms with van der Waals surface area (Å²) >= 11 is 0. The third-order valence-electron chi connectivity index (χ3n) is 5.37. The normalized spacial score (nSPS) is 37.2. The van der Waals surface area contributed by atoms with E-state index in [4.69, 9.17) is 5.73 Å². The Labute approximate surface area is 112 Å². The van der Waals surface area contributed by atoms with Crippen LogP contribution >= 0.6 is 0 Å². The van der Waals surface area contributed by atoms with Crippen molar-refractivity contribution in [1.82, 2.24) is 9.80 Å². The molecule has 2 atom stereocenters. The van der Waals surface area contributed by atoms with Crippen LogP contribution in [0.25, 0.3) is 0 Å². The molecule has 104 valence electrons. The number of piperidine rings is 2. The first-order valence-corrected chi connectivity index (χ1v) is 8.06. The molecular formula is C15H29N3. The lowest BCUT2D eigenvalue weighted by molar-refractivity contribution is 0.0731. The molecule has 0 radical (unpaired) electrons. The second kappa shape index (κ2) is 5.89. The van der Waals surface area contributed by atoms with Gasteiger partial charge < -0.3 is 15.5 Å². The van der Waals surface area contributed by atoms with Gasteiger partial charge in [-0.25, -0.2) is 0 Å². The highest BCUT2D eigenvalue weighted by Gasteiger charge is 2.31. The van der Waals surface area contributed by atoms with Crippen molar-refractivity contribution in [3.8, 4) is 0 Å².